The Morgan fingerprint density at radius 1 is 1.25 bits per heavy atom. The van der Waals surface area contributed by atoms with E-state index in [1.807, 2.05) is 6.92 Å². The number of aryl methyl sites for hydroxylation is 2. The predicted molar refractivity (Wildman–Crippen MR) is 113 cm³/mol. The summed E-state index contributed by atoms with van der Waals surface area (Å²) in [6.07, 6.45) is 7.78. The molecule has 1 N–H and O–H groups in total. The number of rotatable bonds is 5. The number of piperidine rings is 1. The zero-order chi connectivity index (χ0) is 19.7. The Kier molecular flexibility index (Phi) is 5.83. The monoisotopic (exact) mass is 402 g/mol. The first-order chi connectivity index (χ1) is 13.6. The maximum Gasteiger partial charge on any atom is 0.262 e. The molecular formula is C21H30N4O2S. The van der Waals surface area contributed by atoms with Gasteiger partial charge in [0, 0.05) is 32.1 Å². The Balaban J connectivity index is 1.43. The average molecular weight is 403 g/mol. The first kappa shape index (κ1) is 19.6. The molecular weight excluding hydrogens is 372 g/mol. The Morgan fingerprint density at radius 3 is 2.89 bits per heavy atom. The van der Waals surface area contributed by atoms with Crippen molar-refractivity contribution in [2.24, 2.45) is 0 Å². The van der Waals surface area contributed by atoms with Crippen molar-refractivity contribution in [3.63, 3.8) is 0 Å². The minimum atomic E-state index is -0.0745. The van der Waals surface area contributed by atoms with Gasteiger partial charge in [0.1, 0.15) is 10.7 Å². The quantitative estimate of drug-likeness (QED) is 0.781. The fraction of sp³-hybridized carbons (Fsp3) is 0.667. The van der Waals surface area contributed by atoms with E-state index in [-0.39, 0.29) is 11.5 Å². The van der Waals surface area contributed by atoms with Crippen LogP contribution in [0.15, 0.2) is 4.79 Å². The molecule has 0 aliphatic carbocycles. The topological polar surface area (TPSA) is 67.2 Å². The molecule has 0 radical (unpaired) electrons. The maximum atomic E-state index is 12.9. The third-order valence-electron chi connectivity index (χ3n) is 6.22. The van der Waals surface area contributed by atoms with Crippen molar-refractivity contribution >= 4 is 27.5 Å². The number of fused-ring (bicyclic) bond motifs is 2. The van der Waals surface area contributed by atoms with Gasteiger partial charge in [-0.3, -0.25) is 14.2 Å². The Morgan fingerprint density at radius 2 is 2.07 bits per heavy atom. The molecule has 6 nitrogen and oxygen atoms in total. The highest BCUT2D eigenvalue weighted by molar-refractivity contribution is 7.20. The van der Waals surface area contributed by atoms with Crippen LogP contribution in [-0.4, -0.2) is 46.0 Å². The lowest BCUT2D eigenvalue weighted by atomic mass is 10.0. The van der Waals surface area contributed by atoms with Crippen LogP contribution in [0.1, 0.15) is 66.5 Å². The van der Waals surface area contributed by atoms with E-state index in [0.717, 1.165) is 50.2 Å². The lowest BCUT2D eigenvalue weighted by molar-refractivity contribution is 0.0952. The number of hydrogen-bond acceptors (Lipinski definition) is 5. The number of hydrogen-bond donors (Lipinski definition) is 1. The van der Waals surface area contributed by atoms with Crippen molar-refractivity contribution < 1.29 is 4.79 Å². The number of carbonyl (C=O) groups is 1. The van der Waals surface area contributed by atoms with Crippen molar-refractivity contribution in [3.8, 4) is 0 Å². The number of nitrogens with zero attached hydrogens (tertiary/aromatic N) is 3. The van der Waals surface area contributed by atoms with E-state index in [1.165, 1.54) is 37.1 Å². The van der Waals surface area contributed by atoms with Crippen LogP contribution in [0.2, 0.25) is 0 Å². The molecule has 1 fully saturated rings. The summed E-state index contributed by atoms with van der Waals surface area (Å²) in [5, 5.41) is 3.68. The summed E-state index contributed by atoms with van der Waals surface area (Å²) in [7, 11) is 0. The molecule has 152 valence electrons. The van der Waals surface area contributed by atoms with Crippen LogP contribution in [0.25, 0.3) is 10.2 Å². The van der Waals surface area contributed by atoms with Crippen molar-refractivity contribution in [1.29, 1.82) is 0 Å². The van der Waals surface area contributed by atoms with Gasteiger partial charge in [0.15, 0.2) is 0 Å². The first-order valence-electron chi connectivity index (χ1n) is 10.6. The summed E-state index contributed by atoms with van der Waals surface area (Å²) < 4.78 is 1.80. The van der Waals surface area contributed by atoms with Gasteiger partial charge in [-0.25, -0.2) is 4.98 Å². The second-order valence-electron chi connectivity index (χ2n) is 8.17. The van der Waals surface area contributed by atoms with Gasteiger partial charge in [0.05, 0.1) is 10.3 Å². The van der Waals surface area contributed by atoms with Crippen molar-refractivity contribution in [1.82, 2.24) is 19.8 Å². The molecule has 0 aromatic carbocycles. The normalized spacial score (nSPS) is 20.3. The lowest BCUT2D eigenvalue weighted by Crippen LogP contribution is -2.39. The number of likely N-dealkylation sites (tertiary alicyclic amines) is 1. The molecule has 1 saturated heterocycles. The largest absolute Gasteiger partial charge is 0.351 e. The summed E-state index contributed by atoms with van der Waals surface area (Å²) >= 11 is 1.36. The molecule has 28 heavy (non-hydrogen) atoms. The number of aromatic nitrogens is 2. The second-order valence-corrected chi connectivity index (χ2v) is 9.17. The van der Waals surface area contributed by atoms with Crippen LogP contribution >= 0.6 is 11.3 Å². The highest BCUT2D eigenvalue weighted by Gasteiger charge is 2.23. The molecule has 2 aliphatic heterocycles. The summed E-state index contributed by atoms with van der Waals surface area (Å²) in [5.74, 6) is 0.794. The van der Waals surface area contributed by atoms with Gasteiger partial charge in [-0.15, -0.1) is 11.3 Å². The molecule has 2 aromatic heterocycles. The van der Waals surface area contributed by atoms with Gasteiger partial charge in [-0.05, 0) is 58.1 Å². The standard InChI is InChI=1S/C21H30N4O2S/c1-14-8-3-5-11-24(14)12-7-10-22-19(26)18-15(2)17-20(28-18)23-16-9-4-6-13-25(16)21(17)27/h14H,3-13H2,1-2H3,(H,22,26). The van der Waals surface area contributed by atoms with Crippen LogP contribution in [0.4, 0.5) is 0 Å². The van der Waals surface area contributed by atoms with Crippen LogP contribution in [-0.2, 0) is 13.0 Å². The summed E-state index contributed by atoms with van der Waals surface area (Å²) in [6.45, 7) is 7.78. The van der Waals surface area contributed by atoms with Gasteiger partial charge in [-0.1, -0.05) is 6.42 Å². The first-order valence-corrected chi connectivity index (χ1v) is 11.4. The van der Waals surface area contributed by atoms with E-state index in [4.69, 9.17) is 4.98 Å². The molecule has 2 aliphatic rings. The number of thiophene rings is 1. The van der Waals surface area contributed by atoms with Crippen LogP contribution in [0.5, 0.6) is 0 Å². The third-order valence-corrected chi connectivity index (χ3v) is 7.40. The van der Waals surface area contributed by atoms with E-state index < -0.39 is 0 Å². The van der Waals surface area contributed by atoms with Crippen LogP contribution in [0, 0.1) is 6.92 Å². The van der Waals surface area contributed by atoms with Gasteiger partial charge in [0.25, 0.3) is 11.5 Å². The Bertz CT molecular complexity index is 933. The molecule has 1 atom stereocenters. The molecule has 0 saturated carbocycles. The van der Waals surface area contributed by atoms with E-state index in [0.29, 0.717) is 27.7 Å². The molecule has 1 unspecified atom stereocenters. The third kappa shape index (κ3) is 3.74. The van der Waals surface area contributed by atoms with Gasteiger partial charge in [0.2, 0.25) is 0 Å². The SMILES string of the molecule is Cc1c(C(=O)NCCCN2CCCCC2C)sc2nc3n(c(=O)c12)CCCC3. The molecule has 4 rings (SSSR count). The van der Waals surface area contributed by atoms with Crippen molar-refractivity contribution in [2.45, 2.75) is 71.4 Å². The average Bonchev–Trinajstić information content (AvgIpc) is 3.03. The van der Waals surface area contributed by atoms with E-state index in [2.05, 4.69) is 17.1 Å². The predicted octanol–water partition coefficient (Wildman–Crippen LogP) is 3.10. The number of nitrogens with one attached hydrogen (secondary N) is 1. The van der Waals surface area contributed by atoms with Crippen molar-refractivity contribution in [3.05, 3.63) is 26.6 Å². The zero-order valence-corrected chi connectivity index (χ0v) is 17.7. The number of amides is 1. The number of carbonyl (C=O) groups excluding carboxylic acids is 1. The highest BCUT2D eigenvalue weighted by atomic mass is 32.1. The lowest BCUT2D eigenvalue weighted by Gasteiger charge is -2.33. The second kappa shape index (κ2) is 8.33. The summed E-state index contributed by atoms with van der Waals surface area (Å²) in [5.41, 5.74) is 0.798. The Labute approximate surface area is 169 Å². The minimum Gasteiger partial charge on any atom is -0.351 e. The molecule has 4 heterocycles. The maximum absolute atomic E-state index is 12.9. The summed E-state index contributed by atoms with van der Waals surface area (Å²) in [4.78, 5) is 34.2. The molecule has 1 amide bonds. The highest BCUT2D eigenvalue weighted by Crippen LogP contribution is 2.28. The van der Waals surface area contributed by atoms with Gasteiger partial charge < -0.3 is 10.2 Å². The van der Waals surface area contributed by atoms with Gasteiger partial charge in [-0.2, -0.15) is 0 Å². The van der Waals surface area contributed by atoms with E-state index >= 15 is 0 Å². The summed E-state index contributed by atoms with van der Waals surface area (Å²) in [6, 6.07) is 0.652. The van der Waals surface area contributed by atoms with Crippen LogP contribution in [0.3, 0.4) is 0 Å². The smallest absolute Gasteiger partial charge is 0.262 e. The zero-order valence-electron chi connectivity index (χ0n) is 16.9. The molecule has 7 heteroatoms. The van der Waals surface area contributed by atoms with Gasteiger partial charge >= 0.3 is 0 Å². The minimum absolute atomic E-state index is 0.0200. The van der Waals surface area contributed by atoms with Crippen LogP contribution < -0.4 is 10.9 Å². The van der Waals surface area contributed by atoms with Crippen molar-refractivity contribution in [2.75, 3.05) is 19.6 Å². The fourth-order valence-corrected chi connectivity index (χ4v) is 5.61. The Hall–Kier alpha value is -1.73. The van der Waals surface area contributed by atoms with E-state index in [9.17, 15) is 9.59 Å². The fourth-order valence-electron chi connectivity index (χ4n) is 4.50. The molecule has 0 spiro atoms. The molecule has 0 bridgehead atoms. The molecule has 2 aromatic rings. The van der Waals surface area contributed by atoms with E-state index in [1.54, 1.807) is 4.57 Å².